The molecule has 0 atom stereocenters. The summed E-state index contributed by atoms with van der Waals surface area (Å²) in [5.74, 6) is 1.63. The molecular formula is C18H30N4O. The topological polar surface area (TPSA) is 49.3 Å². The van der Waals surface area contributed by atoms with Crippen molar-refractivity contribution in [3.05, 3.63) is 17.6 Å². The van der Waals surface area contributed by atoms with Crippen LogP contribution in [0.5, 0.6) is 0 Å². The molecule has 1 aliphatic rings. The van der Waals surface area contributed by atoms with Crippen LogP contribution >= 0.6 is 0 Å². The summed E-state index contributed by atoms with van der Waals surface area (Å²) in [6.07, 6.45) is 6.90. The van der Waals surface area contributed by atoms with Gasteiger partial charge in [-0.2, -0.15) is 0 Å². The molecule has 23 heavy (non-hydrogen) atoms. The van der Waals surface area contributed by atoms with Crippen molar-refractivity contribution in [2.45, 2.75) is 59.3 Å². The summed E-state index contributed by atoms with van der Waals surface area (Å²) >= 11 is 0. The molecule has 0 saturated carbocycles. The van der Waals surface area contributed by atoms with Crippen molar-refractivity contribution in [1.29, 1.82) is 0 Å². The molecule has 1 saturated heterocycles. The van der Waals surface area contributed by atoms with Gasteiger partial charge in [0.2, 0.25) is 0 Å². The van der Waals surface area contributed by atoms with Gasteiger partial charge in [-0.25, -0.2) is 9.97 Å². The van der Waals surface area contributed by atoms with Gasteiger partial charge in [-0.3, -0.25) is 4.79 Å². The zero-order valence-electron chi connectivity index (χ0n) is 14.8. The van der Waals surface area contributed by atoms with E-state index in [1.807, 2.05) is 17.9 Å². The molecule has 5 heteroatoms. The third-order valence-corrected chi connectivity index (χ3v) is 4.25. The van der Waals surface area contributed by atoms with E-state index in [1.165, 1.54) is 25.7 Å². The van der Waals surface area contributed by atoms with Gasteiger partial charge in [0.1, 0.15) is 17.3 Å². The van der Waals surface area contributed by atoms with Gasteiger partial charge < -0.3 is 9.80 Å². The Bertz CT molecular complexity index is 504. The van der Waals surface area contributed by atoms with E-state index in [1.54, 1.807) is 0 Å². The molecule has 0 aromatic carbocycles. The van der Waals surface area contributed by atoms with Crippen LogP contribution < -0.4 is 4.90 Å². The minimum atomic E-state index is 0.0373. The number of amides is 1. The summed E-state index contributed by atoms with van der Waals surface area (Å²) in [4.78, 5) is 26.0. The van der Waals surface area contributed by atoms with Crippen molar-refractivity contribution >= 4 is 11.7 Å². The second-order valence-corrected chi connectivity index (χ2v) is 6.35. The molecular weight excluding hydrogens is 288 g/mol. The zero-order valence-corrected chi connectivity index (χ0v) is 14.8. The summed E-state index contributed by atoms with van der Waals surface area (Å²) in [5.41, 5.74) is 0.540. The Morgan fingerprint density at radius 2 is 1.70 bits per heavy atom. The minimum Gasteiger partial charge on any atom is -0.356 e. The van der Waals surface area contributed by atoms with Crippen molar-refractivity contribution in [1.82, 2.24) is 14.9 Å². The van der Waals surface area contributed by atoms with E-state index >= 15 is 0 Å². The molecule has 0 spiro atoms. The monoisotopic (exact) mass is 318 g/mol. The quantitative estimate of drug-likeness (QED) is 0.806. The molecule has 1 amide bonds. The highest BCUT2D eigenvalue weighted by Gasteiger charge is 2.19. The van der Waals surface area contributed by atoms with Crippen molar-refractivity contribution in [2.24, 2.45) is 0 Å². The third-order valence-electron chi connectivity index (χ3n) is 4.25. The maximum Gasteiger partial charge on any atom is 0.272 e. The number of carbonyl (C=O) groups is 1. The number of carbonyl (C=O) groups excluding carboxylic acids is 1. The van der Waals surface area contributed by atoms with Gasteiger partial charge in [-0.05, 0) is 32.6 Å². The molecule has 0 radical (unpaired) electrons. The van der Waals surface area contributed by atoms with Gasteiger partial charge in [0.05, 0.1) is 0 Å². The van der Waals surface area contributed by atoms with E-state index < -0.39 is 0 Å². The molecule has 1 aliphatic heterocycles. The van der Waals surface area contributed by atoms with Crippen LogP contribution in [0.3, 0.4) is 0 Å². The average molecular weight is 318 g/mol. The van der Waals surface area contributed by atoms with Crippen LogP contribution in [0.25, 0.3) is 0 Å². The third kappa shape index (κ3) is 4.91. The van der Waals surface area contributed by atoms with Gasteiger partial charge in [0.15, 0.2) is 0 Å². The Morgan fingerprint density at radius 3 is 2.26 bits per heavy atom. The number of anilines is 1. The first-order valence-electron chi connectivity index (χ1n) is 9.05. The Morgan fingerprint density at radius 1 is 1.09 bits per heavy atom. The van der Waals surface area contributed by atoms with E-state index in [2.05, 4.69) is 28.7 Å². The lowest BCUT2D eigenvalue weighted by atomic mass is 10.2. The van der Waals surface area contributed by atoms with E-state index in [0.29, 0.717) is 11.5 Å². The standard InChI is InChI=1S/C18H30N4O/c1-4-10-22(11-5-2)18(23)16-14-17(20-15(3)19-16)21-12-8-6-7-9-13-21/h14H,4-13H2,1-3H3. The highest BCUT2D eigenvalue weighted by molar-refractivity contribution is 5.93. The predicted molar refractivity (Wildman–Crippen MR) is 93.9 cm³/mol. The van der Waals surface area contributed by atoms with E-state index in [9.17, 15) is 4.79 Å². The molecule has 0 aliphatic carbocycles. The Kier molecular flexibility index (Phi) is 6.81. The zero-order chi connectivity index (χ0) is 16.7. The summed E-state index contributed by atoms with van der Waals surface area (Å²) in [6.45, 7) is 9.70. The van der Waals surface area contributed by atoms with Gasteiger partial charge in [-0.1, -0.05) is 26.7 Å². The van der Waals surface area contributed by atoms with Crippen LogP contribution in [0.2, 0.25) is 0 Å². The number of aromatic nitrogens is 2. The first-order chi connectivity index (χ1) is 11.2. The van der Waals surface area contributed by atoms with Crippen LogP contribution in [0.4, 0.5) is 5.82 Å². The number of aryl methyl sites for hydroxylation is 1. The lowest BCUT2D eigenvalue weighted by Crippen LogP contribution is -2.34. The Hall–Kier alpha value is -1.65. The van der Waals surface area contributed by atoms with Gasteiger partial charge in [0, 0.05) is 32.2 Å². The summed E-state index contributed by atoms with van der Waals surface area (Å²) < 4.78 is 0. The largest absolute Gasteiger partial charge is 0.356 e. The fourth-order valence-electron chi connectivity index (χ4n) is 3.14. The Labute approximate surface area is 140 Å². The van der Waals surface area contributed by atoms with Crippen molar-refractivity contribution < 1.29 is 4.79 Å². The normalized spacial score (nSPS) is 15.3. The van der Waals surface area contributed by atoms with Gasteiger partial charge in [-0.15, -0.1) is 0 Å². The first-order valence-corrected chi connectivity index (χ1v) is 9.05. The second-order valence-electron chi connectivity index (χ2n) is 6.35. The molecule has 0 bridgehead atoms. The molecule has 2 heterocycles. The second kappa shape index (κ2) is 8.85. The fraction of sp³-hybridized carbons (Fsp3) is 0.722. The highest BCUT2D eigenvalue weighted by atomic mass is 16.2. The molecule has 5 nitrogen and oxygen atoms in total. The van der Waals surface area contributed by atoms with Crippen molar-refractivity contribution in [3.63, 3.8) is 0 Å². The van der Waals surface area contributed by atoms with Crippen molar-refractivity contribution in [3.8, 4) is 0 Å². The fourth-order valence-corrected chi connectivity index (χ4v) is 3.14. The predicted octanol–water partition coefficient (Wildman–Crippen LogP) is 3.43. The molecule has 2 rings (SSSR count). The number of hydrogen-bond acceptors (Lipinski definition) is 4. The first kappa shape index (κ1) is 17.7. The summed E-state index contributed by atoms with van der Waals surface area (Å²) in [7, 11) is 0. The van der Waals surface area contributed by atoms with Gasteiger partial charge in [0.25, 0.3) is 5.91 Å². The van der Waals surface area contributed by atoms with E-state index in [0.717, 1.165) is 44.8 Å². The van der Waals surface area contributed by atoms with Crippen LogP contribution in [-0.2, 0) is 0 Å². The number of rotatable bonds is 6. The van der Waals surface area contributed by atoms with Crippen LogP contribution in [-0.4, -0.2) is 47.0 Å². The summed E-state index contributed by atoms with van der Waals surface area (Å²) in [5, 5.41) is 0. The average Bonchev–Trinajstić information content (AvgIpc) is 2.82. The lowest BCUT2D eigenvalue weighted by molar-refractivity contribution is 0.0749. The minimum absolute atomic E-state index is 0.0373. The SMILES string of the molecule is CCCN(CCC)C(=O)c1cc(N2CCCCCC2)nc(C)n1. The number of hydrogen-bond donors (Lipinski definition) is 0. The molecule has 0 unspecified atom stereocenters. The lowest BCUT2D eigenvalue weighted by Gasteiger charge is -2.24. The van der Waals surface area contributed by atoms with E-state index in [-0.39, 0.29) is 5.91 Å². The molecule has 128 valence electrons. The highest BCUT2D eigenvalue weighted by Crippen LogP contribution is 2.19. The van der Waals surface area contributed by atoms with Crippen LogP contribution in [0.1, 0.15) is 68.7 Å². The van der Waals surface area contributed by atoms with E-state index in [4.69, 9.17) is 0 Å². The number of nitrogens with zero attached hydrogens (tertiary/aromatic N) is 4. The molecule has 1 fully saturated rings. The summed E-state index contributed by atoms with van der Waals surface area (Å²) in [6, 6.07) is 1.89. The molecule has 0 N–H and O–H groups in total. The molecule has 1 aromatic heterocycles. The van der Waals surface area contributed by atoms with Gasteiger partial charge >= 0.3 is 0 Å². The maximum atomic E-state index is 12.8. The smallest absolute Gasteiger partial charge is 0.272 e. The van der Waals surface area contributed by atoms with Crippen LogP contribution in [0, 0.1) is 6.92 Å². The van der Waals surface area contributed by atoms with Crippen LogP contribution in [0.15, 0.2) is 6.07 Å². The van der Waals surface area contributed by atoms with Crippen molar-refractivity contribution in [2.75, 3.05) is 31.1 Å². The maximum absolute atomic E-state index is 12.8. The Balaban J connectivity index is 2.22. The molecule has 1 aromatic rings.